The zero-order valence-electron chi connectivity index (χ0n) is 29.4. The van der Waals surface area contributed by atoms with Crippen molar-refractivity contribution in [2.75, 3.05) is 85.3 Å². The number of nitrogens with zero attached hydrogens (tertiary/aromatic N) is 5. The van der Waals surface area contributed by atoms with Crippen molar-refractivity contribution >= 4 is 46.1 Å². The fraction of sp³-hybridized carbons (Fsp3) is 0.474. The minimum absolute atomic E-state index is 0.0798. The normalized spacial score (nSPS) is 18.4. The van der Waals surface area contributed by atoms with Crippen LogP contribution in [-0.2, 0) is 16.7 Å². The van der Waals surface area contributed by atoms with E-state index in [1.807, 2.05) is 30.0 Å². The van der Waals surface area contributed by atoms with Crippen LogP contribution in [0.5, 0.6) is 17.2 Å². The number of halogens is 2. The molecular weight excluding hydrogens is 677 g/mol. The molecule has 1 aromatic heterocycles. The maximum absolute atomic E-state index is 14.0. The van der Waals surface area contributed by atoms with Crippen molar-refractivity contribution in [3.05, 3.63) is 75.8 Å². The van der Waals surface area contributed by atoms with Crippen LogP contribution in [0.2, 0.25) is 10.0 Å². The molecule has 1 amide bonds. The summed E-state index contributed by atoms with van der Waals surface area (Å²) in [4.78, 5) is 26.0. The van der Waals surface area contributed by atoms with Crippen molar-refractivity contribution in [3.63, 3.8) is 0 Å². The van der Waals surface area contributed by atoms with E-state index in [1.54, 1.807) is 33.5 Å². The van der Waals surface area contributed by atoms with Gasteiger partial charge in [0.05, 0.1) is 49.0 Å². The molecule has 0 spiro atoms. The fourth-order valence-corrected chi connectivity index (χ4v) is 7.73. The SMILES string of the molecule is CCOCCn1c(N2CCCN(CC[C@]3(c4ccc(Cl)c(Cl)c4)CCN(C(=O)c4cc(OC)c(OC)c(OC)c4)C3)CC2)nc2ccccc21. The Morgan fingerprint density at radius 1 is 0.880 bits per heavy atom. The third kappa shape index (κ3) is 7.49. The van der Waals surface area contributed by atoms with Gasteiger partial charge < -0.3 is 38.2 Å². The Hall–Kier alpha value is -3.70. The smallest absolute Gasteiger partial charge is 0.254 e. The van der Waals surface area contributed by atoms with Gasteiger partial charge in [-0.2, -0.15) is 0 Å². The van der Waals surface area contributed by atoms with Crippen LogP contribution < -0.4 is 19.1 Å². The molecule has 10 nitrogen and oxygen atoms in total. The van der Waals surface area contributed by atoms with E-state index in [0.29, 0.717) is 59.2 Å². The first-order valence-corrected chi connectivity index (χ1v) is 18.1. The van der Waals surface area contributed by atoms with Gasteiger partial charge in [-0.05, 0) is 81.2 Å². The summed E-state index contributed by atoms with van der Waals surface area (Å²) in [6.07, 6.45) is 2.71. The Kier molecular flexibility index (Phi) is 11.6. The third-order valence-corrected chi connectivity index (χ3v) is 10.9. The first-order valence-electron chi connectivity index (χ1n) is 17.4. The number of para-hydroxylation sites is 2. The van der Waals surface area contributed by atoms with Crippen molar-refractivity contribution < 1.29 is 23.7 Å². The molecule has 3 aromatic carbocycles. The maximum Gasteiger partial charge on any atom is 0.254 e. The summed E-state index contributed by atoms with van der Waals surface area (Å²) in [5, 5.41) is 1.05. The highest BCUT2D eigenvalue weighted by molar-refractivity contribution is 6.42. The molecule has 2 fully saturated rings. The average molecular weight is 725 g/mol. The molecule has 12 heteroatoms. The number of ether oxygens (including phenoxy) is 4. The van der Waals surface area contributed by atoms with Crippen LogP contribution in [0.15, 0.2) is 54.6 Å². The standard InChI is InChI=1S/C38H47Cl2N5O5/c1-5-50-22-21-45-32-10-7-6-9-31(32)41-37(45)43-16-8-15-42(19-20-43)17-13-38(28-11-12-29(39)30(40)25-28)14-18-44(26-38)36(46)27-23-33(47-2)35(49-4)34(24-27)48-3/h6-7,9-12,23-25H,5,8,13-22,26H2,1-4H3/t38-/m0/s1. The Labute approximate surface area is 304 Å². The summed E-state index contributed by atoms with van der Waals surface area (Å²) in [6.45, 7) is 9.92. The topological polar surface area (TPSA) is 81.5 Å². The number of imidazole rings is 1. The van der Waals surface area contributed by atoms with Gasteiger partial charge in [-0.3, -0.25) is 4.79 Å². The number of rotatable bonds is 13. The van der Waals surface area contributed by atoms with Gasteiger partial charge >= 0.3 is 0 Å². The summed E-state index contributed by atoms with van der Waals surface area (Å²) >= 11 is 13.0. The Balaban J connectivity index is 1.19. The van der Waals surface area contributed by atoms with E-state index in [1.165, 1.54) is 0 Å². The Morgan fingerprint density at radius 2 is 1.66 bits per heavy atom. The van der Waals surface area contributed by atoms with Crippen molar-refractivity contribution in [2.24, 2.45) is 0 Å². The zero-order chi connectivity index (χ0) is 35.3. The number of likely N-dealkylation sites (tertiary alicyclic amines) is 1. The number of methoxy groups -OCH3 is 3. The minimum Gasteiger partial charge on any atom is -0.493 e. The molecule has 0 unspecified atom stereocenters. The predicted molar refractivity (Wildman–Crippen MR) is 199 cm³/mol. The molecular formula is C38H47Cl2N5O5. The van der Waals surface area contributed by atoms with Crippen LogP contribution in [0.4, 0.5) is 5.95 Å². The zero-order valence-corrected chi connectivity index (χ0v) is 30.9. The predicted octanol–water partition coefficient (Wildman–Crippen LogP) is 6.79. The maximum atomic E-state index is 14.0. The van der Waals surface area contributed by atoms with E-state index in [-0.39, 0.29) is 11.3 Å². The number of amides is 1. The lowest BCUT2D eigenvalue weighted by atomic mass is 9.76. The molecule has 0 saturated carbocycles. The molecule has 3 heterocycles. The number of carbonyl (C=O) groups excluding carboxylic acids is 1. The second-order valence-corrected chi connectivity index (χ2v) is 13.8. The van der Waals surface area contributed by atoms with Crippen LogP contribution in [0.3, 0.4) is 0 Å². The van der Waals surface area contributed by atoms with Crippen molar-refractivity contribution in [1.82, 2.24) is 19.4 Å². The molecule has 2 aliphatic heterocycles. The van der Waals surface area contributed by atoms with Gasteiger partial charge in [0.15, 0.2) is 11.5 Å². The van der Waals surface area contributed by atoms with E-state index in [4.69, 9.17) is 47.1 Å². The number of hydrogen-bond donors (Lipinski definition) is 0. The summed E-state index contributed by atoms with van der Waals surface area (Å²) in [6, 6.07) is 17.7. The summed E-state index contributed by atoms with van der Waals surface area (Å²) in [5.74, 6) is 2.29. The van der Waals surface area contributed by atoms with Gasteiger partial charge in [0, 0.05) is 56.9 Å². The van der Waals surface area contributed by atoms with Crippen molar-refractivity contribution in [3.8, 4) is 17.2 Å². The molecule has 2 aliphatic rings. The number of aromatic nitrogens is 2. The van der Waals surface area contributed by atoms with E-state index < -0.39 is 0 Å². The third-order valence-electron chi connectivity index (χ3n) is 10.2. The molecule has 0 bridgehead atoms. The number of anilines is 1. The second kappa shape index (κ2) is 16.1. The minimum atomic E-state index is -0.288. The van der Waals surface area contributed by atoms with Crippen LogP contribution in [-0.4, -0.2) is 106 Å². The largest absolute Gasteiger partial charge is 0.493 e. The molecule has 6 rings (SSSR count). The fourth-order valence-electron chi connectivity index (χ4n) is 7.43. The van der Waals surface area contributed by atoms with E-state index in [0.717, 1.165) is 81.1 Å². The van der Waals surface area contributed by atoms with Crippen molar-refractivity contribution in [1.29, 1.82) is 0 Å². The van der Waals surface area contributed by atoms with Gasteiger partial charge in [-0.15, -0.1) is 0 Å². The highest BCUT2D eigenvalue weighted by Crippen LogP contribution is 2.42. The number of hydrogen-bond acceptors (Lipinski definition) is 8. The molecule has 0 N–H and O–H groups in total. The first-order chi connectivity index (χ1) is 24.3. The quantitative estimate of drug-likeness (QED) is 0.140. The van der Waals surface area contributed by atoms with Crippen LogP contribution in [0.25, 0.3) is 11.0 Å². The van der Waals surface area contributed by atoms with E-state index >= 15 is 0 Å². The molecule has 0 aliphatic carbocycles. The lowest BCUT2D eigenvalue weighted by molar-refractivity contribution is 0.0780. The molecule has 1 atom stereocenters. The molecule has 268 valence electrons. The van der Waals surface area contributed by atoms with Gasteiger partial charge in [-0.25, -0.2) is 4.98 Å². The first kappa shape index (κ1) is 36.1. The van der Waals surface area contributed by atoms with Gasteiger partial charge in [0.1, 0.15) is 0 Å². The van der Waals surface area contributed by atoms with Gasteiger partial charge in [0.2, 0.25) is 11.7 Å². The Morgan fingerprint density at radius 3 is 2.38 bits per heavy atom. The summed E-state index contributed by atoms with van der Waals surface area (Å²) in [7, 11) is 4.66. The van der Waals surface area contributed by atoms with Crippen LogP contribution >= 0.6 is 23.2 Å². The average Bonchev–Trinajstić information content (AvgIpc) is 3.66. The summed E-state index contributed by atoms with van der Waals surface area (Å²) < 4.78 is 24.6. The number of fused-ring (bicyclic) bond motifs is 1. The van der Waals surface area contributed by atoms with Gasteiger partial charge in [-0.1, -0.05) is 41.4 Å². The highest BCUT2D eigenvalue weighted by Gasteiger charge is 2.42. The number of benzene rings is 3. The Bertz CT molecular complexity index is 1780. The van der Waals surface area contributed by atoms with Crippen LogP contribution in [0, 0.1) is 0 Å². The molecule has 50 heavy (non-hydrogen) atoms. The number of carbonyl (C=O) groups is 1. The molecule has 0 radical (unpaired) electrons. The lowest BCUT2D eigenvalue weighted by Gasteiger charge is -2.33. The van der Waals surface area contributed by atoms with Crippen molar-refractivity contribution in [2.45, 2.75) is 38.1 Å². The monoisotopic (exact) mass is 723 g/mol. The van der Waals surface area contributed by atoms with Gasteiger partial charge in [0.25, 0.3) is 5.91 Å². The van der Waals surface area contributed by atoms with E-state index in [9.17, 15) is 4.79 Å². The van der Waals surface area contributed by atoms with Crippen LogP contribution in [0.1, 0.15) is 42.1 Å². The second-order valence-electron chi connectivity index (χ2n) is 13.0. The molecule has 2 saturated heterocycles. The lowest BCUT2D eigenvalue weighted by Crippen LogP contribution is -2.39. The van der Waals surface area contributed by atoms with E-state index in [2.05, 4.69) is 38.6 Å². The molecule has 4 aromatic rings. The summed E-state index contributed by atoms with van der Waals surface area (Å²) in [5.41, 5.74) is 3.45. The highest BCUT2D eigenvalue weighted by atomic mass is 35.5.